The Morgan fingerprint density at radius 3 is 2.16 bits per heavy atom. The quantitative estimate of drug-likeness (QED) is 0.0499. The summed E-state index contributed by atoms with van der Waals surface area (Å²) in [5, 5.41) is 25.4. The molecule has 0 spiro atoms. The molecule has 4 atom stereocenters. The number of rotatable bonds is 18. The first-order valence-corrected chi connectivity index (χ1v) is 13.0. The molecular weight excluding hydrogens is 522 g/mol. The van der Waals surface area contributed by atoms with Crippen LogP contribution in [-0.4, -0.2) is 98.5 Å². The highest BCUT2D eigenvalue weighted by Gasteiger charge is 2.31. The number of imidazole rings is 1. The van der Waals surface area contributed by atoms with Gasteiger partial charge in [-0.15, -0.1) is 0 Å². The molecule has 0 fully saturated rings. The molecule has 0 aliphatic heterocycles. The van der Waals surface area contributed by atoms with Gasteiger partial charge in [-0.1, -0.05) is 0 Å². The molecule has 4 unspecified atom stereocenters. The van der Waals surface area contributed by atoms with E-state index in [1.54, 1.807) is 6.26 Å². The van der Waals surface area contributed by atoms with E-state index in [2.05, 4.69) is 30.9 Å². The normalized spacial score (nSPS) is 13.8. The second-order valence-electron chi connectivity index (χ2n) is 8.24. The SMILES string of the molecule is CSCCC(NC(=O)C(CCCN=C(N)N)NC(=O)C(N)Cc1cnc[nH]1)C(=O)NC(CC(=O)O)C(=O)O. The molecule has 38 heavy (non-hydrogen) atoms. The van der Waals surface area contributed by atoms with Crippen molar-refractivity contribution in [3.05, 3.63) is 18.2 Å². The minimum atomic E-state index is -1.69. The van der Waals surface area contributed by atoms with Crippen LogP contribution in [0.5, 0.6) is 0 Å². The molecule has 0 bridgehead atoms. The van der Waals surface area contributed by atoms with E-state index in [9.17, 15) is 29.1 Å². The molecule has 0 saturated carbocycles. The van der Waals surface area contributed by atoms with Gasteiger partial charge >= 0.3 is 11.9 Å². The first kappa shape index (κ1) is 32.2. The minimum Gasteiger partial charge on any atom is -0.481 e. The van der Waals surface area contributed by atoms with Crippen molar-refractivity contribution in [3.8, 4) is 0 Å². The van der Waals surface area contributed by atoms with Crippen molar-refractivity contribution in [2.45, 2.75) is 56.3 Å². The van der Waals surface area contributed by atoms with Crippen molar-refractivity contribution >= 4 is 47.4 Å². The van der Waals surface area contributed by atoms with Gasteiger partial charge in [-0.3, -0.25) is 24.2 Å². The van der Waals surface area contributed by atoms with E-state index >= 15 is 0 Å². The summed E-state index contributed by atoms with van der Waals surface area (Å²) < 4.78 is 0. The van der Waals surface area contributed by atoms with E-state index in [1.165, 1.54) is 24.3 Å². The third kappa shape index (κ3) is 12.4. The first-order valence-electron chi connectivity index (χ1n) is 11.6. The van der Waals surface area contributed by atoms with Crippen LogP contribution in [0.15, 0.2) is 17.5 Å². The monoisotopic (exact) mass is 557 g/mol. The number of aliphatic carboxylic acids is 2. The smallest absolute Gasteiger partial charge is 0.326 e. The number of aromatic nitrogens is 2. The van der Waals surface area contributed by atoms with Gasteiger partial charge < -0.3 is 48.3 Å². The molecular formula is C21H35N9O7S. The Balaban J connectivity index is 2.99. The number of guanidine groups is 1. The molecule has 0 aliphatic carbocycles. The maximum absolute atomic E-state index is 13.2. The molecule has 0 radical (unpaired) electrons. The number of aliphatic imine (C=N–C) groups is 1. The first-order chi connectivity index (χ1) is 17.9. The van der Waals surface area contributed by atoms with Crippen LogP contribution in [-0.2, 0) is 30.4 Å². The number of thioether (sulfide) groups is 1. The third-order valence-electron chi connectivity index (χ3n) is 5.15. The fourth-order valence-corrected chi connectivity index (χ4v) is 3.67. The van der Waals surface area contributed by atoms with Gasteiger partial charge in [0.1, 0.15) is 18.1 Å². The molecule has 0 aliphatic rings. The van der Waals surface area contributed by atoms with Gasteiger partial charge in [0.15, 0.2) is 5.96 Å². The lowest BCUT2D eigenvalue weighted by molar-refractivity contribution is -0.147. The van der Waals surface area contributed by atoms with E-state index < -0.39 is 60.2 Å². The number of carbonyl (C=O) groups excluding carboxylic acids is 3. The van der Waals surface area contributed by atoms with Crippen molar-refractivity contribution in [2.75, 3.05) is 18.6 Å². The van der Waals surface area contributed by atoms with Crippen molar-refractivity contribution in [1.29, 1.82) is 0 Å². The Morgan fingerprint density at radius 2 is 1.63 bits per heavy atom. The van der Waals surface area contributed by atoms with Crippen LogP contribution in [0.2, 0.25) is 0 Å². The molecule has 12 N–H and O–H groups in total. The number of nitrogens with zero attached hydrogens (tertiary/aromatic N) is 2. The van der Waals surface area contributed by atoms with Crippen LogP contribution < -0.4 is 33.2 Å². The van der Waals surface area contributed by atoms with Gasteiger partial charge in [-0.2, -0.15) is 11.8 Å². The molecule has 0 saturated heterocycles. The average molecular weight is 558 g/mol. The average Bonchev–Trinajstić information content (AvgIpc) is 3.35. The number of H-pyrrole nitrogens is 1. The summed E-state index contributed by atoms with van der Waals surface area (Å²) in [6.07, 6.45) is 4.52. The fraction of sp³-hybridized carbons (Fsp3) is 0.571. The van der Waals surface area contributed by atoms with Gasteiger partial charge in [0, 0.05) is 24.9 Å². The number of hydrogen-bond donors (Lipinski definition) is 9. The van der Waals surface area contributed by atoms with Crippen molar-refractivity contribution in [2.24, 2.45) is 22.2 Å². The predicted octanol–water partition coefficient (Wildman–Crippen LogP) is -2.90. The fourth-order valence-electron chi connectivity index (χ4n) is 3.20. The maximum Gasteiger partial charge on any atom is 0.326 e. The maximum atomic E-state index is 13.2. The lowest BCUT2D eigenvalue weighted by Crippen LogP contribution is -2.57. The molecule has 1 aromatic rings. The second-order valence-corrected chi connectivity index (χ2v) is 9.22. The van der Waals surface area contributed by atoms with Crippen LogP contribution in [0.25, 0.3) is 0 Å². The Bertz CT molecular complexity index is 970. The van der Waals surface area contributed by atoms with E-state index in [1.807, 2.05) is 0 Å². The lowest BCUT2D eigenvalue weighted by atomic mass is 10.1. The number of hydrogen-bond acceptors (Lipinski definition) is 9. The number of carboxylic acid groups (broad SMARTS) is 2. The van der Waals surface area contributed by atoms with E-state index in [-0.39, 0.29) is 31.8 Å². The Labute approximate surface area is 223 Å². The summed E-state index contributed by atoms with van der Waals surface area (Å²) in [4.78, 5) is 71.5. The second kappa shape index (κ2) is 16.8. The summed E-state index contributed by atoms with van der Waals surface area (Å²) in [7, 11) is 0. The molecule has 3 amide bonds. The van der Waals surface area contributed by atoms with Crippen molar-refractivity contribution in [3.63, 3.8) is 0 Å². The lowest BCUT2D eigenvalue weighted by Gasteiger charge is -2.25. The van der Waals surface area contributed by atoms with Crippen LogP contribution in [0, 0.1) is 0 Å². The number of carbonyl (C=O) groups is 5. The zero-order valence-electron chi connectivity index (χ0n) is 20.9. The van der Waals surface area contributed by atoms with E-state index in [0.29, 0.717) is 17.9 Å². The Morgan fingerprint density at radius 1 is 1.03 bits per heavy atom. The number of nitrogens with two attached hydrogens (primary N) is 3. The molecule has 1 heterocycles. The highest BCUT2D eigenvalue weighted by atomic mass is 32.2. The van der Waals surface area contributed by atoms with E-state index in [0.717, 1.165) is 0 Å². The standard InChI is InChI=1S/C21H35N9O7S/c1-38-6-4-14(19(35)30-15(20(36)37)8-16(31)32)29-18(34)13(3-2-5-26-21(23)24)28-17(33)12(22)7-11-9-25-10-27-11/h9-10,12-15H,2-8,22H2,1H3,(H,25,27)(H,28,33)(H,29,34)(H,30,35)(H,31,32)(H,36,37)(H4,23,24,26). The molecule has 0 aromatic carbocycles. The van der Waals surface area contributed by atoms with Crippen LogP contribution >= 0.6 is 11.8 Å². The zero-order valence-corrected chi connectivity index (χ0v) is 21.7. The van der Waals surface area contributed by atoms with Gasteiger partial charge in [0.05, 0.1) is 18.8 Å². The van der Waals surface area contributed by atoms with Crippen LogP contribution in [0.1, 0.15) is 31.4 Å². The van der Waals surface area contributed by atoms with Gasteiger partial charge in [-0.25, -0.2) is 9.78 Å². The number of amides is 3. The summed E-state index contributed by atoms with van der Waals surface area (Å²) in [6.45, 7) is 0.175. The zero-order chi connectivity index (χ0) is 28.7. The molecule has 212 valence electrons. The summed E-state index contributed by atoms with van der Waals surface area (Å²) >= 11 is 1.38. The number of aromatic amines is 1. The topological polar surface area (TPSA) is 281 Å². The molecule has 16 nitrogen and oxygen atoms in total. The number of carboxylic acids is 2. The largest absolute Gasteiger partial charge is 0.481 e. The van der Waals surface area contributed by atoms with E-state index in [4.69, 9.17) is 22.3 Å². The highest BCUT2D eigenvalue weighted by molar-refractivity contribution is 7.98. The van der Waals surface area contributed by atoms with Gasteiger partial charge in [0.25, 0.3) is 0 Å². The number of nitrogens with one attached hydrogen (secondary N) is 4. The summed E-state index contributed by atoms with van der Waals surface area (Å²) in [6, 6.07) is -5.01. The molecule has 1 rings (SSSR count). The van der Waals surface area contributed by atoms with Gasteiger partial charge in [0.2, 0.25) is 17.7 Å². The van der Waals surface area contributed by atoms with Crippen LogP contribution in [0.3, 0.4) is 0 Å². The predicted molar refractivity (Wildman–Crippen MR) is 139 cm³/mol. The van der Waals surface area contributed by atoms with Crippen molar-refractivity contribution < 1.29 is 34.2 Å². The Kier molecular flexibility index (Phi) is 14.2. The Hall–Kier alpha value is -3.86. The third-order valence-corrected chi connectivity index (χ3v) is 5.79. The minimum absolute atomic E-state index is 0.0960. The summed E-state index contributed by atoms with van der Waals surface area (Å²) in [5.74, 6) is -4.89. The molecule has 1 aromatic heterocycles. The highest BCUT2D eigenvalue weighted by Crippen LogP contribution is 2.06. The summed E-state index contributed by atoms with van der Waals surface area (Å²) in [5.41, 5.74) is 17.2. The molecule has 17 heteroatoms. The van der Waals surface area contributed by atoms with Gasteiger partial charge in [-0.05, 0) is 31.3 Å². The van der Waals surface area contributed by atoms with Crippen molar-refractivity contribution in [1.82, 2.24) is 25.9 Å². The van der Waals surface area contributed by atoms with Crippen LogP contribution in [0.4, 0.5) is 0 Å².